The van der Waals surface area contributed by atoms with Crippen molar-refractivity contribution in [2.75, 3.05) is 5.32 Å². The van der Waals surface area contributed by atoms with Gasteiger partial charge in [0, 0.05) is 4.88 Å². The number of nitrogens with one attached hydrogen (secondary N) is 1. The zero-order valence-corrected chi connectivity index (χ0v) is 11.9. The number of anilines is 1. The molecule has 0 bridgehead atoms. The van der Waals surface area contributed by atoms with Crippen molar-refractivity contribution in [1.82, 2.24) is 9.97 Å². The summed E-state index contributed by atoms with van der Waals surface area (Å²) in [5, 5.41) is 4.35. The Hall–Kier alpha value is -1.46. The maximum Gasteiger partial charge on any atom is 0.184 e. The van der Waals surface area contributed by atoms with Crippen molar-refractivity contribution < 1.29 is 0 Å². The fourth-order valence-corrected chi connectivity index (χ4v) is 3.44. The Morgan fingerprint density at radius 1 is 1.28 bits per heavy atom. The average molecular weight is 275 g/mol. The highest BCUT2D eigenvalue weighted by molar-refractivity contribution is 7.22. The summed E-state index contributed by atoms with van der Waals surface area (Å²) in [5.74, 6) is 0. The topological polar surface area (TPSA) is 37.8 Å². The first-order chi connectivity index (χ1) is 8.72. The first-order valence-corrected chi connectivity index (χ1v) is 7.42. The molecule has 0 spiro atoms. The number of aryl methyl sites for hydroxylation is 2. The molecule has 0 aliphatic carbocycles. The minimum atomic E-state index is 0.801. The van der Waals surface area contributed by atoms with E-state index in [1.165, 1.54) is 15.1 Å². The molecular weight excluding hydrogens is 262 g/mol. The summed E-state index contributed by atoms with van der Waals surface area (Å²) in [4.78, 5) is 10.1. The van der Waals surface area contributed by atoms with Crippen LogP contribution in [0, 0.1) is 13.8 Å². The molecule has 2 heterocycles. The van der Waals surface area contributed by atoms with Gasteiger partial charge >= 0.3 is 0 Å². The number of thiazole rings is 2. The van der Waals surface area contributed by atoms with E-state index in [0.29, 0.717) is 0 Å². The van der Waals surface area contributed by atoms with Crippen LogP contribution in [0.2, 0.25) is 0 Å². The Morgan fingerprint density at radius 3 is 2.94 bits per heavy atom. The van der Waals surface area contributed by atoms with Crippen molar-refractivity contribution in [3.63, 3.8) is 0 Å². The fourth-order valence-electron chi connectivity index (χ4n) is 1.76. The molecule has 1 aromatic carbocycles. The summed E-state index contributed by atoms with van der Waals surface area (Å²) in [6, 6.07) is 6.35. The molecule has 3 nitrogen and oxygen atoms in total. The van der Waals surface area contributed by atoms with E-state index in [4.69, 9.17) is 0 Å². The second-order valence-electron chi connectivity index (χ2n) is 4.20. The average Bonchev–Trinajstić information content (AvgIpc) is 2.92. The third kappa shape index (κ3) is 2.23. The summed E-state index contributed by atoms with van der Waals surface area (Å²) in [7, 11) is 0. The molecule has 0 atom stereocenters. The Kier molecular flexibility index (Phi) is 3.01. The molecule has 0 aliphatic heterocycles. The van der Waals surface area contributed by atoms with Crippen LogP contribution in [0.1, 0.15) is 16.1 Å². The van der Waals surface area contributed by atoms with Crippen molar-refractivity contribution >= 4 is 38.0 Å². The van der Waals surface area contributed by atoms with Gasteiger partial charge in [-0.3, -0.25) is 0 Å². The Balaban J connectivity index is 1.81. The molecule has 0 unspecified atom stereocenters. The maximum absolute atomic E-state index is 4.57. The maximum atomic E-state index is 4.57. The van der Waals surface area contributed by atoms with Gasteiger partial charge in [-0.2, -0.15) is 0 Å². The third-order valence-corrected chi connectivity index (χ3v) is 4.70. The molecular formula is C13H13N3S2. The minimum absolute atomic E-state index is 0.801. The van der Waals surface area contributed by atoms with E-state index >= 15 is 0 Å². The van der Waals surface area contributed by atoms with Gasteiger partial charge in [-0.15, -0.1) is 11.3 Å². The largest absolute Gasteiger partial charge is 0.357 e. The monoisotopic (exact) mass is 275 g/mol. The smallest absolute Gasteiger partial charge is 0.184 e. The number of hydrogen-bond donors (Lipinski definition) is 1. The third-order valence-electron chi connectivity index (χ3n) is 2.79. The lowest BCUT2D eigenvalue weighted by molar-refractivity contribution is 1.12. The molecule has 0 aliphatic rings. The molecule has 5 heteroatoms. The van der Waals surface area contributed by atoms with Crippen molar-refractivity contribution in [2.45, 2.75) is 20.4 Å². The molecule has 0 saturated heterocycles. The molecule has 0 radical (unpaired) electrons. The minimum Gasteiger partial charge on any atom is -0.357 e. The van der Waals surface area contributed by atoms with Gasteiger partial charge < -0.3 is 5.32 Å². The van der Waals surface area contributed by atoms with Gasteiger partial charge in [-0.1, -0.05) is 17.4 Å². The zero-order valence-electron chi connectivity index (χ0n) is 10.2. The van der Waals surface area contributed by atoms with Gasteiger partial charge in [0.15, 0.2) is 5.13 Å². The molecule has 18 heavy (non-hydrogen) atoms. The summed E-state index contributed by atoms with van der Waals surface area (Å²) in [6.07, 6.45) is 0. The van der Waals surface area contributed by atoms with Crippen molar-refractivity contribution in [2.24, 2.45) is 0 Å². The predicted octanol–water partition coefficient (Wildman–Crippen LogP) is 3.98. The van der Waals surface area contributed by atoms with Crippen LogP contribution in [0.4, 0.5) is 5.13 Å². The summed E-state index contributed by atoms with van der Waals surface area (Å²) < 4.78 is 1.23. The van der Waals surface area contributed by atoms with E-state index in [-0.39, 0.29) is 0 Å². The molecule has 0 saturated carbocycles. The van der Waals surface area contributed by atoms with Crippen molar-refractivity contribution in [3.05, 3.63) is 39.8 Å². The quantitative estimate of drug-likeness (QED) is 0.785. The highest BCUT2D eigenvalue weighted by atomic mass is 32.1. The normalized spacial score (nSPS) is 11.0. The van der Waals surface area contributed by atoms with E-state index in [9.17, 15) is 0 Å². The number of hydrogen-bond acceptors (Lipinski definition) is 5. The second-order valence-corrected chi connectivity index (χ2v) is 6.17. The van der Waals surface area contributed by atoms with Crippen LogP contribution in [-0.4, -0.2) is 9.97 Å². The van der Waals surface area contributed by atoms with Crippen LogP contribution in [0.25, 0.3) is 10.2 Å². The molecule has 1 N–H and O–H groups in total. The second kappa shape index (κ2) is 4.66. The SMILES string of the molecule is Cc1ccc2nc(NCc3scnc3C)sc2c1. The van der Waals surface area contributed by atoms with Gasteiger partial charge in [0.25, 0.3) is 0 Å². The first-order valence-electron chi connectivity index (χ1n) is 5.72. The van der Waals surface area contributed by atoms with Gasteiger partial charge in [0.2, 0.25) is 0 Å². The number of benzene rings is 1. The van der Waals surface area contributed by atoms with Crippen molar-refractivity contribution in [1.29, 1.82) is 0 Å². The Labute approximate surface area is 114 Å². The van der Waals surface area contributed by atoms with E-state index in [0.717, 1.165) is 22.9 Å². The standard InChI is InChI=1S/C13H13N3S2/c1-8-3-4-10-11(5-8)18-13(16-10)14-6-12-9(2)15-7-17-12/h3-5,7H,6H2,1-2H3,(H,14,16). The van der Waals surface area contributed by atoms with Gasteiger partial charge in [0.05, 0.1) is 28.0 Å². The highest BCUT2D eigenvalue weighted by Crippen LogP contribution is 2.27. The molecule has 0 amide bonds. The highest BCUT2D eigenvalue weighted by Gasteiger charge is 2.05. The van der Waals surface area contributed by atoms with Crippen molar-refractivity contribution in [3.8, 4) is 0 Å². The van der Waals surface area contributed by atoms with E-state index < -0.39 is 0 Å². The van der Waals surface area contributed by atoms with Crippen LogP contribution in [-0.2, 0) is 6.54 Å². The van der Waals surface area contributed by atoms with Gasteiger partial charge in [-0.05, 0) is 31.5 Å². The van der Waals surface area contributed by atoms with Crippen LogP contribution < -0.4 is 5.32 Å². The van der Waals surface area contributed by atoms with Crippen LogP contribution in [0.5, 0.6) is 0 Å². The molecule has 0 fully saturated rings. The van der Waals surface area contributed by atoms with Gasteiger partial charge in [0.1, 0.15) is 0 Å². The van der Waals surface area contributed by atoms with Crippen LogP contribution in [0.3, 0.4) is 0 Å². The number of aromatic nitrogens is 2. The summed E-state index contributed by atoms with van der Waals surface area (Å²) in [5.41, 5.74) is 5.32. The van der Waals surface area contributed by atoms with E-state index in [1.54, 1.807) is 22.7 Å². The predicted molar refractivity (Wildman–Crippen MR) is 78.5 cm³/mol. The lowest BCUT2D eigenvalue weighted by Crippen LogP contribution is -1.98. The molecule has 92 valence electrons. The summed E-state index contributed by atoms with van der Waals surface area (Å²) >= 11 is 3.38. The Morgan fingerprint density at radius 2 is 2.17 bits per heavy atom. The Bertz CT molecular complexity index is 684. The molecule has 3 rings (SSSR count). The lowest BCUT2D eigenvalue weighted by Gasteiger charge is -1.99. The summed E-state index contributed by atoms with van der Waals surface area (Å²) in [6.45, 7) is 4.94. The lowest BCUT2D eigenvalue weighted by atomic mass is 10.2. The number of rotatable bonds is 3. The number of nitrogens with zero attached hydrogens (tertiary/aromatic N) is 2. The van der Waals surface area contributed by atoms with Crippen LogP contribution >= 0.6 is 22.7 Å². The van der Waals surface area contributed by atoms with E-state index in [1.807, 2.05) is 12.4 Å². The molecule has 3 aromatic rings. The zero-order chi connectivity index (χ0) is 12.5. The first kappa shape index (κ1) is 11.6. The van der Waals surface area contributed by atoms with E-state index in [2.05, 4.69) is 40.4 Å². The number of fused-ring (bicyclic) bond motifs is 1. The van der Waals surface area contributed by atoms with Gasteiger partial charge in [-0.25, -0.2) is 9.97 Å². The fraction of sp³-hybridized carbons (Fsp3) is 0.231. The van der Waals surface area contributed by atoms with Crippen LogP contribution in [0.15, 0.2) is 23.7 Å². The molecule has 2 aromatic heterocycles.